The minimum atomic E-state index is -0.365. The second-order valence-electron chi connectivity index (χ2n) is 10.1. The number of benzene rings is 2. The molecule has 2 fully saturated rings. The second-order valence-corrected chi connectivity index (χ2v) is 10.5. The largest absolute Gasteiger partial charge is 0.366 e. The topological polar surface area (TPSA) is 87.0 Å². The highest BCUT2D eigenvalue weighted by atomic mass is 35.5. The first-order valence-corrected chi connectivity index (χ1v) is 13.2. The van der Waals surface area contributed by atoms with Crippen LogP contribution in [-0.2, 0) is 0 Å². The summed E-state index contributed by atoms with van der Waals surface area (Å²) in [5.41, 5.74) is 6.93. The van der Waals surface area contributed by atoms with Gasteiger partial charge in [-0.1, -0.05) is 17.7 Å². The van der Waals surface area contributed by atoms with Crippen molar-refractivity contribution in [1.82, 2.24) is 35.1 Å². The quantitative estimate of drug-likeness (QED) is 0.316. The van der Waals surface area contributed by atoms with E-state index in [2.05, 4.69) is 37.5 Å². The number of halogens is 2. The Morgan fingerprint density at radius 2 is 1.87 bits per heavy atom. The maximum atomic E-state index is 14.6. The molecule has 192 valence electrons. The van der Waals surface area contributed by atoms with Crippen LogP contribution in [0.3, 0.4) is 0 Å². The first kappa shape index (κ1) is 22.6. The molecule has 2 saturated heterocycles. The lowest BCUT2D eigenvalue weighted by atomic mass is 9.98. The number of rotatable bonds is 4. The highest BCUT2D eigenvalue weighted by Gasteiger charge is 2.37. The Morgan fingerprint density at radius 3 is 2.67 bits per heavy atom. The van der Waals surface area contributed by atoms with Crippen molar-refractivity contribution in [3.05, 3.63) is 84.2 Å². The van der Waals surface area contributed by atoms with E-state index in [1.165, 1.54) is 12.5 Å². The van der Waals surface area contributed by atoms with Crippen LogP contribution >= 0.6 is 11.6 Å². The molecule has 4 aromatic heterocycles. The number of hydrogen-bond acceptors (Lipinski definition) is 6. The van der Waals surface area contributed by atoms with Crippen molar-refractivity contribution in [3.63, 3.8) is 0 Å². The number of piperazine rings is 1. The summed E-state index contributed by atoms with van der Waals surface area (Å²) in [5, 5.41) is 16.8. The molecule has 0 unspecified atom stereocenters. The van der Waals surface area contributed by atoms with Crippen molar-refractivity contribution in [2.45, 2.75) is 18.5 Å². The van der Waals surface area contributed by atoms with Crippen molar-refractivity contribution >= 4 is 33.8 Å². The Kier molecular flexibility index (Phi) is 4.98. The SMILES string of the molecule is Fc1ccc(-c2c(-c3ccncc3)nn3c(-c4ccc(N5C[C@@H]6C[C@H]5CN6)cc4Cl)ccnc23)c2cn[nH]c12. The molecule has 0 amide bonds. The molecule has 0 radical (unpaired) electrons. The van der Waals surface area contributed by atoms with E-state index in [9.17, 15) is 4.39 Å². The van der Waals surface area contributed by atoms with Gasteiger partial charge in [-0.3, -0.25) is 10.1 Å². The number of H-pyrrole nitrogens is 1. The zero-order valence-corrected chi connectivity index (χ0v) is 21.4. The minimum Gasteiger partial charge on any atom is -0.366 e. The number of nitrogens with one attached hydrogen (secondary N) is 2. The average Bonchev–Trinajstić information content (AvgIpc) is 3.77. The van der Waals surface area contributed by atoms with E-state index < -0.39 is 0 Å². The molecule has 39 heavy (non-hydrogen) atoms. The molecule has 2 atom stereocenters. The fraction of sp³-hybridized carbons (Fsp3) is 0.172. The van der Waals surface area contributed by atoms with E-state index in [0.29, 0.717) is 39.4 Å². The van der Waals surface area contributed by atoms with Crippen molar-refractivity contribution in [2.75, 3.05) is 18.0 Å². The molecule has 2 N–H and O–H groups in total. The molecule has 2 aromatic carbocycles. The number of nitrogens with zero attached hydrogens (tertiary/aromatic N) is 6. The van der Waals surface area contributed by atoms with Crippen LogP contribution in [0.15, 0.2) is 73.3 Å². The summed E-state index contributed by atoms with van der Waals surface area (Å²) >= 11 is 6.94. The standard InChI is InChI=1S/C29H22ClFN8/c30-23-12-18(38-15-17-11-19(38)13-34-17)1-2-21(23)25-7-10-33-29-26(20-3-4-24(31)28-22(20)14-35-36-28)27(37-39(25)29)16-5-8-32-9-6-16/h1-10,12,14,17,19,34H,11,13,15H2,(H,35,36)/t17-,19-/m0/s1. The van der Waals surface area contributed by atoms with E-state index >= 15 is 0 Å². The molecule has 0 aliphatic carbocycles. The van der Waals surface area contributed by atoms with E-state index in [0.717, 1.165) is 46.7 Å². The van der Waals surface area contributed by atoms with Crippen molar-refractivity contribution in [1.29, 1.82) is 0 Å². The maximum absolute atomic E-state index is 14.6. The van der Waals surface area contributed by atoms with Gasteiger partial charge < -0.3 is 10.2 Å². The molecule has 8 nitrogen and oxygen atoms in total. The molecule has 6 heterocycles. The third kappa shape index (κ3) is 3.47. The van der Waals surface area contributed by atoms with Gasteiger partial charge in [0.25, 0.3) is 0 Å². The highest BCUT2D eigenvalue weighted by molar-refractivity contribution is 6.33. The van der Waals surface area contributed by atoms with Crippen LogP contribution < -0.4 is 10.2 Å². The number of anilines is 1. The van der Waals surface area contributed by atoms with Gasteiger partial charge in [0.15, 0.2) is 5.65 Å². The molecular weight excluding hydrogens is 515 g/mol. The maximum Gasteiger partial charge on any atom is 0.164 e. The van der Waals surface area contributed by atoms with Gasteiger partial charge in [-0.2, -0.15) is 10.2 Å². The van der Waals surface area contributed by atoms with Gasteiger partial charge in [-0.15, -0.1) is 0 Å². The van der Waals surface area contributed by atoms with Crippen LogP contribution in [0, 0.1) is 5.82 Å². The van der Waals surface area contributed by atoms with E-state index in [4.69, 9.17) is 21.7 Å². The number of hydrogen-bond donors (Lipinski definition) is 2. The van der Waals surface area contributed by atoms with Crippen LogP contribution in [-0.4, -0.2) is 55.0 Å². The predicted molar refractivity (Wildman–Crippen MR) is 149 cm³/mol. The fourth-order valence-electron chi connectivity index (χ4n) is 6.10. The summed E-state index contributed by atoms with van der Waals surface area (Å²) in [6.07, 6.45) is 8.02. The Hall–Kier alpha value is -4.34. The van der Waals surface area contributed by atoms with Crippen molar-refractivity contribution in [2.24, 2.45) is 0 Å². The summed E-state index contributed by atoms with van der Waals surface area (Å²) in [5.74, 6) is -0.365. The lowest BCUT2D eigenvalue weighted by Crippen LogP contribution is -2.43. The lowest BCUT2D eigenvalue weighted by molar-refractivity contribution is 0.580. The first-order valence-electron chi connectivity index (χ1n) is 12.9. The molecule has 0 saturated carbocycles. The Bertz CT molecular complexity index is 1880. The molecule has 2 bridgehead atoms. The summed E-state index contributed by atoms with van der Waals surface area (Å²) in [6, 6.07) is 16.2. The highest BCUT2D eigenvalue weighted by Crippen LogP contribution is 2.41. The Labute approximate surface area is 227 Å². The van der Waals surface area contributed by atoms with Gasteiger partial charge in [-0.05, 0) is 54.4 Å². The van der Waals surface area contributed by atoms with E-state index in [1.807, 2.05) is 28.8 Å². The molecule has 2 aliphatic rings. The van der Waals surface area contributed by atoms with Crippen molar-refractivity contribution in [3.8, 4) is 33.6 Å². The number of fused-ring (bicyclic) bond motifs is 4. The Balaban J connectivity index is 1.33. The van der Waals surface area contributed by atoms with Crippen LogP contribution in [0.2, 0.25) is 5.02 Å². The smallest absolute Gasteiger partial charge is 0.164 e. The van der Waals surface area contributed by atoms with E-state index in [-0.39, 0.29) is 5.82 Å². The first-order chi connectivity index (χ1) is 19.2. The average molecular weight is 537 g/mol. The van der Waals surface area contributed by atoms with Gasteiger partial charge in [0, 0.05) is 66.0 Å². The van der Waals surface area contributed by atoms with Crippen LogP contribution in [0.5, 0.6) is 0 Å². The summed E-state index contributed by atoms with van der Waals surface area (Å²) < 4.78 is 16.4. The number of aromatic amines is 1. The third-order valence-electron chi connectivity index (χ3n) is 7.92. The second kappa shape index (κ2) is 8.59. The third-order valence-corrected chi connectivity index (χ3v) is 8.24. The molecule has 10 heteroatoms. The van der Waals surface area contributed by atoms with Gasteiger partial charge in [0.1, 0.15) is 17.0 Å². The van der Waals surface area contributed by atoms with Gasteiger partial charge >= 0.3 is 0 Å². The van der Waals surface area contributed by atoms with Gasteiger partial charge in [0.05, 0.1) is 22.5 Å². The lowest BCUT2D eigenvalue weighted by Gasteiger charge is -2.30. The predicted octanol–water partition coefficient (Wildman–Crippen LogP) is 5.34. The van der Waals surface area contributed by atoms with Gasteiger partial charge in [-0.25, -0.2) is 13.9 Å². The van der Waals surface area contributed by atoms with Gasteiger partial charge in [0.2, 0.25) is 0 Å². The van der Waals surface area contributed by atoms with Crippen molar-refractivity contribution < 1.29 is 4.39 Å². The molecular formula is C29H22ClFN8. The zero-order valence-electron chi connectivity index (χ0n) is 20.6. The normalized spacial score (nSPS) is 18.6. The molecule has 0 spiro atoms. The zero-order chi connectivity index (χ0) is 26.1. The number of pyridine rings is 1. The van der Waals surface area contributed by atoms with Crippen LogP contribution in [0.1, 0.15) is 6.42 Å². The molecule has 2 aliphatic heterocycles. The van der Waals surface area contributed by atoms with Crippen LogP contribution in [0.25, 0.3) is 50.2 Å². The molecule has 6 aromatic rings. The Morgan fingerprint density at radius 1 is 1.00 bits per heavy atom. The van der Waals surface area contributed by atoms with Crippen LogP contribution in [0.4, 0.5) is 10.1 Å². The molecule has 8 rings (SSSR count). The minimum absolute atomic E-state index is 0.341. The summed E-state index contributed by atoms with van der Waals surface area (Å²) in [7, 11) is 0. The fourth-order valence-corrected chi connectivity index (χ4v) is 6.37. The summed E-state index contributed by atoms with van der Waals surface area (Å²) in [6.45, 7) is 2.01. The monoisotopic (exact) mass is 536 g/mol. The summed E-state index contributed by atoms with van der Waals surface area (Å²) in [4.78, 5) is 11.4. The van der Waals surface area contributed by atoms with E-state index in [1.54, 1.807) is 30.9 Å². The number of aromatic nitrogens is 6.